The number of aryl methyl sites for hydroxylation is 1. The lowest BCUT2D eigenvalue weighted by Gasteiger charge is -2.10. The first-order chi connectivity index (χ1) is 6.65. The van der Waals surface area contributed by atoms with Gasteiger partial charge in [-0.15, -0.1) is 0 Å². The van der Waals surface area contributed by atoms with Crippen LogP contribution in [0.5, 0.6) is 0 Å². The Labute approximate surface area is 85.2 Å². The summed E-state index contributed by atoms with van der Waals surface area (Å²) in [6.07, 6.45) is 2.37. The third-order valence-corrected chi connectivity index (χ3v) is 2.16. The second kappa shape index (κ2) is 4.96. The highest BCUT2D eigenvalue weighted by Crippen LogP contribution is 2.18. The molecule has 0 radical (unpaired) electrons. The van der Waals surface area contributed by atoms with E-state index in [2.05, 4.69) is 17.2 Å². The number of nitrogens with zero attached hydrogens (tertiary/aromatic N) is 1. The number of nitrogens with one attached hydrogen (secondary N) is 1. The summed E-state index contributed by atoms with van der Waals surface area (Å²) in [4.78, 5) is 4.23. The predicted molar refractivity (Wildman–Crippen MR) is 58.4 cm³/mol. The molecule has 0 amide bonds. The van der Waals surface area contributed by atoms with Gasteiger partial charge in [0.25, 0.3) is 0 Å². The Morgan fingerprint density at radius 1 is 1.57 bits per heavy atom. The van der Waals surface area contributed by atoms with E-state index in [1.165, 1.54) is 0 Å². The Morgan fingerprint density at radius 3 is 2.79 bits per heavy atom. The number of hydrogen-bond donors (Lipinski definition) is 2. The topological polar surface area (TPSA) is 45.1 Å². The highest BCUT2D eigenvalue weighted by Gasteiger charge is 2.05. The van der Waals surface area contributed by atoms with Crippen LogP contribution in [-0.2, 0) is 0 Å². The summed E-state index contributed by atoms with van der Waals surface area (Å²) < 4.78 is 0. The lowest BCUT2D eigenvalue weighted by Crippen LogP contribution is -2.04. The molecule has 1 rings (SSSR count). The second-order valence-corrected chi connectivity index (χ2v) is 3.53. The first kappa shape index (κ1) is 11.0. The Hall–Kier alpha value is -1.09. The molecular weight excluding hydrogens is 176 g/mol. The van der Waals surface area contributed by atoms with Crippen molar-refractivity contribution in [3.8, 4) is 0 Å². The number of aromatic nitrogens is 1. The number of anilines is 1. The summed E-state index contributed by atoms with van der Waals surface area (Å²) in [5.41, 5.74) is 1.97. The van der Waals surface area contributed by atoms with E-state index in [1.54, 1.807) is 13.1 Å². The summed E-state index contributed by atoms with van der Waals surface area (Å²) in [6, 6.07) is 1.97. The lowest BCUT2D eigenvalue weighted by molar-refractivity contribution is 0.198. The van der Waals surface area contributed by atoms with Crippen LogP contribution in [0.1, 0.15) is 37.5 Å². The van der Waals surface area contributed by atoms with Gasteiger partial charge >= 0.3 is 0 Å². The van der Waals surface area contributed by atoms with Crippen molar-refractivity contribution in [1.29, 1.82) is 0 Å². The molecule has 78 valence electrons. The van der Waals surface area contributed by atoms with Crippen LogP contribution in [0, 0.1) is 6.92 Å². The summed E-state index contributed by atoms with van der Waals surface area (Å²) in [5, 5.41) is 12.6. The number of aliphatic hydroxyl groups excluding tert-OH is 1. The SMILES string of the molecule is CCCNc1cc(C)c(C(C)O)cn1. The quantitative estimate of drug-likeness (QED) is 0.772. The van der Waals surface area contributed by atoms with Crippen molar-refractivity contribution >= 4 is 5.82 Å². The van der Waals surface area contributed by atoms with E-state index >= 15 is 0 Å². The molecule has 0 saturated heterocycles. The normalized spacial score (nSPS) is 12.6. The fourth-order valence-electron chi connectivity index (χ4n) is 1.35. The van der Waals surface area contributed by atoms with Crippen LogP contribution in [0.4, 0.5) is 5.82 Å². The van der Waals surface area contributed by atoms with Gasteiger partial charge in [0.2, 0.25) is 0 Å². The van der Waals surface area contributed by atoms with Crippen molar-refractivity contribution in [3.63, 3.8) is 0 Å². The van der Waals surface area contributed by atoms with Crippen LogP contribution < -0.4 is 5.32 Å². The number of hydrogen-bond acceptors (Lipinski definition) is 3. The van der Waals surface area contributed by atoms with E-state index < -0.39 is 6.10 Å². The number of rotatable bonds is 4. The van der Waals surface area contributed by atoms with Crippen LogP contribution >= 0.6 is 0 Å². The maximum atomic E-state index is 9.41. The van der Waals surface area contributed by atoms with Crippen molar-refractivity contribution in [2.45, 2.75) is 33.3 Å². The van der Waals surface area contributed by atoms with E-state index in [1.807, 2.05) is 13.0 Å². The average molecular weight is 194 g/mol. The van der Waals surface area contributed by atoms with Crippen molar-refractivity contribution in [2.75, 3.05) is 11.9 Å². The molecule has 1 aromatic heterocycles. The van der Waals surface area contributed by atoms with Crippen LogP contribution in [0.15, 0.2) is 12.3 Å². The standard InChI is InChI=1S/C11H18N2O/c1-4-5-12-11-6-8(2)10(7-13-11)9(3)14/h6-7,9,14H,4-5H2,1-3H3,(H,12,13). The van der Waals surface area contributed by atoms with Crippen molar-refractivity contribution in [3.05, 3.63) is 23.4 Å². The van der Waals surface area contributed by atoms with Gasteiger partial charge in [-0.3, -0.25) is 0 Å². The maximum Gasteiger partial charge on any atom is 0.126 e. The van der Waals surface area contributed by atoms with Crippen molar-refractivity contribution < 1.29 is 5.11 Å². The molecule has 14 heavy (non-hydrogen) atoms. The summed E-state index contributed by atoms with van der Waals surface area (Å²) >= 11 is 0. The molecule has 0 spiro atoms. The summed E-state index contributed by atoms with van der Waals surface area (Å²) in [5.74, 6) is 0.883. The fraction of sp³-hybridized carbons (Fsp3) is 0.545. The Balaban J connectivity index is 2.78. The van der Waals surface area contributed by atoms with Crippen molar-refractivity contribution in [1.82, 2.24) is 4.98 Å². The maximum absolute atomic E-state index is 9.41. The molecule has 0 aliphatic rings. The largest absolute Gasteiger partial charge is 0.389 e. The van der Waals surface area contributed by atoms with Crippen molar-refractivity contribution in [2.24, 2.45) is 0 Å². The fourth-order valence-corrected chi connectivity index (χ4v) is 1.35. The molecule has 1 unspecified atom stereocenters. The minimum Gasteiger partial charge on any atom is -0.389 e. The molecule has 3 nitrogen and oxygen atoms in total. The van der Waals surface area contributed by atoms with Gasteiger partial charge in [0, 0.05) is 18.3 Å². The number of aliphatic hydroxyl groups is 1. The molecule has 0 aliphatic heterocycles. The van der Waals surface area contributed by atoms with Crippen LogP contribution in [0.2, 0.25) is 0 Å². The Morgan fingerprint density at radius 2 is 2.29 bits per heavy atom. The Bertz CT molecular complexity index is 297. The summed E-state index contributed by atoms with van der Waals surface area (Å²) in [7, 11) is 0. The summed E-state index contributed by atoms with van der Waals surface area (Å²) in [6.45, 7) is 6.79. The van der Waals surface area contributed by atoms with E-state index in [9.17, 15) is 5.11 Å². The van der Waals surface area contributed by atoms with Crippen LogP contribution in [-0.4, -0.2) is 16.6 Å². The van der Waals surface area contributed by atoms with Crippen LogP contribution in [0.3, 0.4) is 0 Å². The molecule has 0 bridgehead atoms. The van der Waals surface area contributed by atoms with Gasteiger partial charge in [-0.1, -0.05) is 6.92 Å². The van der Waals surface area contributed by atoms with Gasteiger partial charge in [0.1, 0.15) is 5.82 Å². The highest BCUT2D eigenvalue weighted by molar-refractivity contribution is 5.41. The molecular formula is C11H18N2O. The average Bonchev–Trinajstić information content (AvgIpc) is 2.14. The minimum absolute atomic E-state index is 0.442. The molecule has 0 aliphatic carbocycles. The van der Waals surface area contributed by atoms with Gasteiger partial charge in [0.15, 0.2) is 0 Å². The molecule has 3 heteroatoms. The lowest BCUT2D eigenvalue weighted by atomic mass is 10.1. The zero-order valence-corrected chi connectivity index (χ0v) is 9.04. The molecule has 2 N–H and O–H groups in total. The van der Waals surface area contributed by atoms with E-state index in [-0.39, 0.29) is 0 Å². The van der Waals surface area contributed by atoms with Gasteiger partial charge in [-0.25, -0.2) is 4.98 Å². The molecule has 0 aromatic carbocycles. The van der Waals surface area contributed by atoms with E-state index in [0.29, 0.717) is 0 Å². The third kappa shape index (κ3) is 2.70. The van der Waals surface area contributed by atoms with Gasteiger partial charge in [-0.2, -0.15) is 0 Å². The number of pyridine rings is 1. The monoisotopic (exact) mass is 194 g/mol. The predicted octanol–water partition coefficient (Wildman–Crippen LogP) is 2.27. The van der Waals surface area contributed by atoms with Gasteiger partial charge < -0.3 is 10.4 Å². The minimum atomic E-state index is -0.442. The smallest absolute Gasteiger partial charge is 0.126 e. The first-order valence-electron chi connectivity index (χ1n) is 5.03. The molecule has 0 fully saturated rings. The van der Waals surface area contributed by atoms with Crippen LogP contribution in [0.25, 0.3) is 0 Å². The Kier molecular flexibility index (Phi) is 3.89. The molecule has 1 heterocycles. The van der Waals surface area contributed by atoms with Gasteiger partial charge in [0.05, 0.1) is 6.10 Å². The third-order valence-electron chi connectivity index (χ3n) is 2.16. The van der Waals surface area contributed by atoms with Gasteiger partial charge in [-0.05, 0) is 31.9 Å². The second-order valence-electron chi connectivity index (χ2n) is 3.53. The molecule has 1 aromatic rings. The molecule has 0 saturated carbocycles. The van der Waals surface area contributed by atoms with E-state index in [0.717, 1.165) is 29.9 Å². The highest BCUT2D eigenvalue weighted by atomic mass is 16.3. The van der Waals surface area contributed by atoms with E-state index in [4.69, 9.17) is 0 Å². The zero-order chi connectivity index (χ0) is 10.6. The molecule has 1 atom stereocenters. The first-order valence-corrected chi connectivity index (χ1v) is 5.03. The zero-order valence-electron chi connectivity index (χ0n) is 9.04.